The van der Waals surface area contributed by atoms with Gasteiger partial charge in [-0.15, -0.1) is 0 Å². The molecule has 5 rings (SSSR count). The second-order valence-corrected chi connectivity index (χ2v) is 10.7. The van der Waals surface area contributed by atoms with Crippen molar-refractivity contribution in [2.45, 2.75) is 6.42 Å². The second-order valence-electron chi connectivity index (χ2n) is 8.57. The number of fused-ring (bicyclic) bond motifs is 1. The van der Waals surface area contributed by atoms with E-state index in [1.807, 2.05) is 35.2 Å². The molecule has 2 aliphatic heterocycles. The van der Waals surface area contributed by atoms with E-state index in [9.17, 15) is 18.0 Å². The summed E-state index contributed by atoms with van der Waals surface area (Å²) in [4.78, 5) is 35.0. The Bertz CT molecular complexity index is 1460. The van der Waals surface area contributed by atoms with Crippen LogP contribution in [0.2, 0.25) is 0 Å². The van der Waals surface area contributed by atoms with Crippen LogP contribution in [-0.2, 0) is 19.8 Å². The predicted molar refractivity (Wildman–Crippen MR) is 133 cm³/mol. The number of anilines is 3. The number of aromatic nitrogens is 4. The van der Waals surface area contributed by atoms with Crippen molar-refractivity contribution >= 4 is 51.3 Å². The molecule has 36 heavy (non-hydrogen) atoms. The fourth-order valence-corrected chi connectivity index (χ4v) is 5.10. The number of piperazine rings is 1. The number of carbonyl (C=O) groups excluding carboxylic acids is 2. The van der Waals surface area contributed by atoms with E-state index in [2.05, 4.69) is 20.7 Å². The van der Waals surface area contributed by atoms with Gasteiger partial charge in [0, 0.05) is 57.1 Å². The van der Waals surface area contributed by atoms with Crippen LogP contribution in [0.15, 0.2) is 42.1 Å². The Hall–Kier alpha value is -3.88. The third-order valence-corrected chi connectivity index (χ3v) is 7.89. The van der Waals surface area contributed by atoms with Gasteiger partial charge in [-0.2, -0.15) is 36.6 Å². The van der Waals surface area contributed by atoms with Crippen LogP contribution in [0.1, 0.15) is 12.0 Å². The largest absolute Gasteiger partial charge is 0.338 e. The first-order chi connectivity index (χ1) is 17.2. The molecule has 4 heterocycles. The molecule has 2 fully saturated rings. The monoisotopic (exact) mass is 511 g/mol. The quantitative estimate of drug-likeness (QED) is 0.351. The third kappa shape index (κ3) is 4.53. The lowest BCUT2D eigenvalue weighted by molar-refractivity contribution is -0.124. The van der Waals surface area contributed by atoms with Gasteiger partial charge in [0.05, 0.1) is 12.6 Å². The molecule has 14 heteroatoms. The first-order valence-electron chi connectivity index (χ1n) is 11.3. The van der Waals surface area contributed by atoms with Gasteiger partial charge in [0.2, 0.25) is 17.8 Å². The van der Waals surface area contributed by atoms with Crippen LogP contribution in [-0.4, -0.2) is 88.7 Å². The highest BCUT2D eigenvalue weighted by molar-refractivity contribution is 7.86. The van der Waals surface area contributed by atoms with Crippen LogP contribution in [0.25, 0.3) is 11.7 Å². The minimum Gasteiger partial charge on any atom is -0.338 e. The first-order valence-corrected chi connectivity index (χ1v) is 12.7. The van der Waals surface area contributed by atoms with Crippen LogP contribution in [0.3, 0.4) is 0 Å². The summed E-state index contributed by atoms with van der Waals surface area (Å²) in [6.45, 7) is 1.37. The summed E-state index contributed by atoms with van der Waals surface area (Å²) < 4.78 is 29.2. The van der Waals surface area contributed by atoms with E-state index in [1.165, 1.54) is 27.2 Å². The van der Waals surface area contributed by atoms with Crippen molar-refractivity contribution in [3.63, 3.8) is 0 Å². The van der Waals surface area contributed by atoms with Gasteiger partial charge in [-0.05, 0) is 18.2 Å². The van der Waals surface area contributed by atoms with Crippen molar-refractivity contribution < 1.29 is 18.0 Å². The second kappa shape index (κ2) is 9.29. The maximum Gasteiger partial charge on any atom is 0.281 e. The first kappa shape index (κ1) is 23.8. The highest BCUT2D eigenvalue weighted by Crippen LogP contribution is 2.24. The van der Waals surface area contributed by atoms with E-state index in [0.717, 1.165) is 5.69 Å². The highest BCUT2D eigenvalue weighted by atomic mass is 32.2. The molecule has 2 aliphatic rings. The molecule has 0 aliphatic carbocycles. The molecule has 0 bridgehead atoms. The molecular weight excluding hydrogens is 486 g/mol. The van der Waals surface area contributed by atoms with Gasteiger partial charge in [0.25, 0.3) is 16.1 Å². The summed E-state index contributed by atoms with van der Waals surface area (Å²) in [5, 5.41) is 9.93. The van der Waals surface area contributed by atoms with Crippen molar-refractivity contribution in [1.82, 2.24) is 33.5 Å². The number of carbonyl (C=O) groups is 2. The van der Waals surface area contributed by atoms with Gasteiger partial charge in [-0.3, -0.25) is 14.9 Å². The summed E-state index contributed by atoms with van der Waals surface area (Å²) in [5.74, 6) is 0.0144. The van der Waals surface area contributed by atoms with Crippen LogP contribution < -0.4 is 15.5 Å². The molecule has 0 unspecified atom stereocenters. The predicted octanol–water partition coefficient (Wildman–Crippen LogP) is 0.226. The topological polar surface area (TPSA) is 145 Å². The summed E-state index contributed by atoms with van der Waals surface area (Å²) in [7, 11) is -0.494. The van der Waals surface area contributed by atoms with Gasteiger partial charge < -0.3 is 10.2 Å². The minimum atomic E-state index is -3.51. The average Bonchev–Trinajstić information content (AvgIpc) is 3.41. The van der Waals surface area contributed by atoms with Crippen LogP contribution >= 0.6 is 0 Å². The van der Waals surface area contributed by atoms with E-state index in [0.29, 0.717) is 41.8 Å². The molecule has 0 saturated carbocycles. The normalized spacial score (nSPS) is 18.4. The minimum absolute atomic E-state index is 0.00839. The lowest BCUT2D eigenvalue weighted by atomic mass is 10.1. The molecule has 2 saturated heterocycles. The number of para-hydroxylation sites is 1. The highest BCUT2D eigenvalue weighted by Gasteiger charge is 2.30. The van der Waals surface area contributed by atoms with Gasteiger partial charge in [0.1, 0.15) is 0 Å². The van der Waals surface area contributed by atoms with E-state index in [1.54, 1.807) is 12.3 Å². The number of amides is 2. The Labute approximate surface area is 207 Å². The zero-order chi connectivity index (χ0) is 25.4. The van der Waals surface area contributed by atoms with Crippen molar-refractivity contribution in [2.75, 3.05) is 50.5 Å². The molecule has 1 aromatic carbocycles. The maximum absolute atomic E-state index is 12.5. The van der Waals surface area contributed by atoms with Crippen molar-refractivity contribution in [1.29, 1.82) is 0 Å². The van der Waals surface area contributed by atoms with Crippen LogP contribution in [0, 0.1) is 0 Å². The SMILES string of the molecule is CN(C)S(=O)(=O)N1CCN(c2nc(Nc3ccccc3)n3ncc(/C=C4\CC(=O)NC4=O)c3n2)CC1. The Balaban J connectivity index is 1.52. The van der Waals surface area contributed by atoms with E-state index < -0.39 is 16.1 Å². The Kier molecular flexibility index (Phi) is 6.15. The Morgan fingerprint density at radius 1 is 1.06 bits per heavy atom. The smallest absolute Gasteiger partial charge is 0.281 e. The van der Waals surface area contributed by atoms with E-state index in [4.69, 9.17) is 4.98 Å². The van der Waals surface area contributed by atoms with Gasteiger partial charge in [-0.1, -0.05) is 18.2 Å². The third-order valence-electron chi connectivity index (χ3n) is 5.95. The van der Waals surface area contributed by atoms with Crippen LogP contribution in [0.5, 0.6) is 0 Å². The summed E-state index contributed by atoms with van der Waals surface area (Å²) in [6.07, 6.45) is 3.16. The zero-order valence-corrected chi connectivity index (χ0v) is 20.6. The molecule has 2 N–H and O–H groups in total. The molecule has 2 amide bonds. The summed E-state index contributed by atoms with van der Waals surface area (Å²) in [5.41, 5.74) is 2.13. The zero-order valence-electron chi connectivity index (χ0n) is 19.7. The van der Waals surface area contributed by atoms with Gasteiger partial charge in [0.15, 0.2) is 5.65 Å². The van der Waals surface area contributed by atoms with Crippen molar-refractivity contribution in [2.24, 2.45) is 0 Å². The summed E-state index contributed by atoms with van der Waals surface area (Å²) >= 11 is 0. The maximum atomic E-state index is 12.5. The number of imide groups is 1. The van der Waals surface area contributed by atoms with Gasteiger partial charge >= 0.3 is 0 Å². The van der Waals surface area contributed by atoms with Crippen LogP contribution in [0.4, 0.5) is 17.6 Å². The Morgan fingerprint density at radius 3 is 2.42 bits per heavy atom. The fraction of sp³-hybridized carbons (Fsp3) is 0.318. The number of rotatable bonds is 6. The Morgan fingerprint density at radius 2 is 1.78 bits per heavy atom. The average molecular weight is 512 g/mol. The molecule has 3 aromatic rings. The lowest BCUT2D eigenvalue weighted by Gasteiger charge is -2.35. The number of hydrogen-bond acceptors (Lipinski definition) is 9. The molecule has 2 aromatic heterocycles. The molecule has 13 nitrogen and oxygen atoms in total. The van der Waals surface area contributed by atoms with Crippen molar-refractivity contribution in [3.8, 4) is 0 Å². The molecular formula is C22H25N9O4S. The van der Waals surface area contributed by atoms with Gasteiger partial charge in [-0.25, -0.2) is 0 Å². The fourth-order valence-electron chi connectivity index (χ4n) is 4.02. The molecule has 0 radical (unpaired) electrons. The molecule has 0 spiro atoms. The number of nitrogens with one attached hydrogen (secondary N) is 2. The lowest BCUT2D eigenvalue weighted by Crippen LogP contribution is -2.52. The summed E-state index contributed by atoms with van der Waals surface area (Å²) in [6, 6.07) is 9.46. The van der Waals surface area contributed by atoms with E-state index >= 15 is 0 Å². The van der Waals surface area contributed by atoms with E-state index in [-0.39, 0.29) is 25.4 Å². The standard InChI is InChI=1S/C22H25N9O4S/c1-28(2)36(34,35)30-10-8-29(9-11-30)21-26-19-16(12-15-13-18(32)25-20(15)33)14-23-31(19)22(27-21)24-17-6-4-3-5-7-17/h3-7,12,14H,8-11,13H2,1-2H3,(H,24,26,27)(H,25,32,33)/b15-12+. The molecule has 0 atom stereocenters. The van der Waals surface area contributed by atoms with Crippen molar-refractivity contribution in [3.05, 3.63) is 47.7 Å². The number of benzene rings is 1. The molecule has 188 valence electrons. The number of nitrogens with zero attached hydrogens (tertiary/aromatic N) is 7. The number of hydrogen-bond donors (Lipinski definition) is 2.